The monoisotopic (exact) mass is 123 g/mol. The topological polar surface area (TPSA) is 88.8 Å². The van der Waals surface area contributed by atoms with Crippen molar-refractivity contribution in [3.05, 3.63) is 5.21 Å². The van der Waals surface area contributed by atoms with Gasteiger partial charge in [-0.25, -0.2) is 0 Å². The van der Waals surface area contributed by atoms with E-state index in [0.29, 0.717) is 0 Å². The highest BCUT2D eigenvalue weighted by Crippen LogP contribution is 1.68. The van der Waals surface area contributed by atoms with Crippen LogP contribution in [0.1, 0.15) is 0 Å². The van der Waals surface area contributed by atoms with Crippen LogP contribution in [0, 0.1) is 5.21 Å². The molecule has 6 heteroatoms. The molecule has 0 aliphatic heterocycles. The molecule has 0 aromatic heterocycles. The van der Waals surface area contributed by atoms with Crippen LogP contribution >= 0.6 is 0 Å². The molecule has 0 amide bonds. The second-order valence-electron chi connectivity index (χ2n) is 1.64. The number of hydrogen-bond acceptors (Lipinski definition) is 4. The highest BCUT2D eigenvalue weighted by atomic mass is 17.0. The van der Waals surface area contributed by atoms with Crippen molar-refractivity contribution in [3.63, 3.8) is 0 Å². The zero-order chi connectivity index (χ0) is 6.78. The summed E-state index contributed by atoms with van der Waals surface area (Å²) in [6, 6.07) is 0. The van der Waals surface area contributed by atoms with E-state index >= 15 is 0 Å². The van der Waals surface area contributed by atoms with Crippen molar-refractivity contribution in [2.75, 3.05) is 14.1 Å². The Bertz CT molecular complexity index is 66.9. The van der Waals surface area contributed by atoms with Gasteiger partial charge in [0.05, 0.1) is 0 Å². The van der Waals surface area contributed by atoms with Gasteiger partial charge in [-0.3, -0.25) is 0 Å². The van der Waals surface area contributed by atoms with Gasteiger partial charge in [0, 0.05) is 9.80 Å². The molecule has 0 radical (unpaired) electrons. The van der Waals surface area contributed by atoms with Gasteiger partial charge < -0.3 is 5.21 Å². The molecule has 0 aromatic rings. The minimum absolute atomic E-state index is 0.502. The van der Waals surface area contributed by atoms with Gasteiger partial charge in [-0.15, -0.1) is 11.7 Å². The Labute approximate surface area is 47.2 Å². The van der Waals surface area contributed by atoms with E-state index in [1.54, 1.807) is 0 Å². The van der Waals surface area contributed by atoms with Crippen LogP contribution < -0.4 is 16.9 Å². The average molecular weight is 123 g/mol. The standard InChI is InChI=1S/C2H11N4O2/c1-5(7)8-6(2,3)4/h5H,3-4H2,1-2H3/q+1. The third-order valence-corrected chi connectivity index (χ3v) is 0.325. The Balaban J connectivity index is 3.39. The van der Waals surface area contributed by atoms with Crippen LogP contribution in [0.15, 0.2) is 0 Å². The predicted molar refractivity (Wildman–Crippen MR) is 25.9 cm³/mol. The van der Waals surface area contributed by atoms with E-state index in [4.69, 9.17) is 11.7 Å². The first-order valence-electron chi connectivity index (χ1n) is 2.05. The Morgan fingerprint density at radius 1 is 1.62 bits per heavy atom. The van der Waals surface area contributed by atoms with E-state index in [-0.39, 0.29) is 0 Å². The van der Waals surface area contributed by atoms with Crippen molar-refractivity contribution < 1.29 is 15.0 Å². The summed E-state index contributed by atoms with van der Waals surface area (Å²) in [7, 11) is 2.57. The lowest BCUT2D eigenvalue weighted by Crippen LogP contribution is -3.06. The summed E-state index contributed by atoms with van der Waals surface area (Å²) in [6.45, 7) is 0. The third-order valence-electron chi connectivity index (χ3n) is 0.325. The second-order valence-corrected chi connectivity index (χ2v) is 1.64. The Morgan fingerprint density at radius 2 is 2.00 bits per heavy atom. The molecular formula is C2H11N4O2+. The molecule has 0 aliphatic carbocycles. The van der Waals surface area contributed by atoms with Crippen LogP contribution in [-0.2, 0) is 4.94 Å². The first-order valence-corrected chi connectivity index (χ1v) is 2.05. The molecule has 1 atom stereocenters. The average Bonchev–Trinajstić information content (AvgIpc) is 1.21. The smallest absolute Gasteiger partial charge is 0.144 e. The molecule has 0 bridgehead atoms. The van der Waals surface area contributed by atoms with E-state index in [1.807, 2.05) is 0 Å². The van der Waals surface area contributed by atoms with Crippen LogP contribution in [0.5, 0.6) is 0 Å². The Hall–Kier alpha value is -0.240. The van der Waals surface area contributed by atoms with Crippen molar-refractivity contribution in [1.82, 2.24) is 0 Å². The summed E-state index contributed by atoms with van der Waals surface area (Å²) >= 11 is 0. The van der Waals surface area contributed by atoms with Crippen molar-refractivity contribution in [2.24, 2.45) is 11.7 Å². The van der Waals surface area contributed by atoms with Gasteiger partial charge >= 0.3 is 0 Å². The fourth-order valence-electron chi connectivity index (χ4n) is 0.277. The van der Waals surface area contributed by atoms with Gasteiger partial charge in [0.1, 0.15) is 14.1 Å². The molecule has 6 nitrogen and oxygen atoms in total. The van der Waals surface area contributed by atoms with Crippen LogP contribution in [-0.4, -0.2) is 19.0 Å². The van der Waals surface area contributed by atoms with Crippen LogP contribution in [0.3, 0.4) is 0 Å². The molecule has 0 saturated carbocycles. The van der Waals surface area contributed by atoms with E-state index in [2.05, 4.69) is 4.94 Å². The number of nitrogens with zero attached hydrogens (tertiary/aromatic N) is 1. The summed E-state index contributed by atoms with van der Waals surface area (Å²) < 4.78 is 0. The summed E-state index contributed by atoms with van der Waals surface area (Å²) in [5, 5.41) is 9.56. The molecule has 0 aliphatic rings. The van der Waals surface area contributed by atoms with Crippen molar-refractivity contribution in [1.29, 1.82) is 0 Å². The number of rotatable bonds is 2. The molecule has 8 heavy (non-hydrogen) atoms. The lowest BCUT2D eigenvalue weighted by Gasteiger charge is -2.20. The fourth-order valence-corrected chi connectivity index (χ4v) is 0.277. The molecule has 0 spiro atoms. The van der Waals surface area contributed by atoms with E-state index < -0.39 is 10.1 Å². The summed E-state index contributed by atoms with van der Waals surface area (Å²) in [4.78, 5) is 3.52. The number of nitrogens with one attached hydrogen (secondary N) is 1. The first-order chi connectivity index (χ1) is 3.42. The molecule has 0 saturated heterocycles. The summed E-state index contributed by atoms with van der Waals surface area (Å²) in [6.07, 6.45) is 0. The first kappa shape index (κ1) is 7.76. The van der Waals surface area contributed by atoms with Crippen molar-refractivity contribution in [3.8, 4) is 0 Å². The van der Waals surface area contributed by atoms with Crippen LogP contribution in [0.25, 0.3) is 0 Å². The quantitative estimate of drug-likeness (QED) is 0.208. The number of nitrogens with two attached hydrogens (primary N) is 2. The van der Waals surface area contributed by atoms with Crippen LogP contribution in [0.4, 0.5) is 0 Å². The summed E-state index contributed by atoms with van der Waals surface area (Å²) in [5.74, 6) is 10.0. The molecule has 5 N–H and O–H groups in total. The lowest BCUT2D eigenvalue weighted by atomic mass is 11.4. The van der Waals surface area contributed by atoms with E-state index in [9.17, 15) is 5.21 Å². The molecular weight excluding hydrogens is 112 g/mol. The zero-order valence-electron chi connectivity index (χ0n) is 4.92. The molecule has 0 heterocycles. The van der Waals surface area contributed by atoms with Crippen molar-refractivity contribution >= 4 is 0 Å². The van der Waals surface area contributed by atoms with E-state index in [1.165, 1.54) is 14.1 Å². The van der Waals surface area contributed by atoms with Crippen LogP contribution in [0.2, 0.25) is 0 Å². The number of hydroxylamine groups is 3. The number of hydrogen-bond donors (Lipinski definition) is 3. The fraction of sp³-hybridized carbons (Fsp3) is 1.00. The van der Waals surface area contributed by atoms with Gasteiger partial charge in [-0.1, -0.05) is 0 Å². The van der Waals surface area contributed by atoms with Gasteiger partial charge in [0.2, 0.25) is 0 Å². The SMILES string of the molecule is C[NH+]([O-])O[N+](C)(N)N. The molecule has 0 fully saturated rings. The minimum Gasteiger partial charge on any atom is -0.596 e. The normalized spacial score (nSPS) is 16.1. The molecule has 0 aromatic carbocycles. The van der Waals surface area contributed by atoms with Gasteiger partial charge in [-0.05, 0) is 0 Å². The highest BCUT2D eigenvalue weighted by molar-refractivity contribution is 3.80. The third kappa shape index (κ3) is 5.76. The van der Waals surface area contributed by atoms with Gasteiger partial charge in [0.25, 0.3) is 0 Å². The Morgan fingerprint density at radius 3 is 2.00 bits per heavy atom. The number of quaternary nitrogens is 2. The molecule has 1 unspecified atom stereocenters. The van der Waals surface area contributed by atoms with Gasteiger partial charge in [0.15, 0.2) is 0 Å². The zero-order valence-corrected chi connectivity index (χ0v) is 4.92. The highest BCUT2D eigenvalue weighted by Gasteiger charge is 2.13. The largest absolute Gasteiger partial charge is 0.596 e. The lowest BCUT2D eigenvalue weighted by molar-refractivity contribution is -1.33. The maximum absolute atomic E-state index is 10.1. The van der Waals surface area contributed by atoms with E-state index in [0.717, 1.165) is 0 Å². The Kier molecular flexibility index (Phi) is 2.28. The maximum Gasteiger partial charge on any atom is 0.144 e. The predicted octanol–water partition coefficient (Wildman–Crippen LogP) is -2.96. The maximum atomic E-state index is 10.1. The van der Waals surface area contributed by atoms with Crippen molar-refractivity contribution in [2.45, 2.75) is 0 Å². The summed E-state index contributed by atoms with van der Waals surface area (Å²) in [5.41, 5.74) is 0. The van der Waals surface area contributed by atoms with Gasteiger partial charge in [-0.2, -0.15) is 5.23 Å². The second kappa shape index (κ2) is 2.35. The molecule has 50 valence electrons. The molecule has 0 rings (SSSR count). The minimum atomic E-state index is -0.769.